The summed E-state index contributed by atoms with van der Waals surface area (Å²) < 4.78 is 44.4. The van der Waals surface area contributed by atoms with Gasteiger partial charge in [0.1, 0.15) is 6.10 Å². The molecule has 0 aromatic heterocycles. The Kier molecular flexibility index (Phi) is 13.1. The topological polar surface area (TPSA) is 102 Å². The van der Waals surface area contributed by atoms with Gasteiger partial charge in [0.05, 0.1) is 43.0 Å². The summed E-state index contributed by atoms with van der Waals surface area (Å²) in [7, 11) is 5.89. The fourth-order valence-electron chi connectivity index (χ4n) is 10.6. The first-order valence-electron chi connectivity index (χ1n) is 20.4. The Labute approximate surface area is 312 Å². The van der Waals surface area contributed by atoms with E-state index in [2.05, 4.69) is 58.8 Å². The molecule has 3 aliphatic carbocycles. The molecule has 1 saturated carbocycles. The van der Waals surface area contributed by atoms with E-state index in [4.69, 9.17) is 33.2 Å². The third kappa shape index (κ3) is 8.29. The minimum atomic E-state index is -0.518. The average Bonchev–Trinajstić information content (AvgIpc) is 3.67. The number of likely N-dealkylation sites (N-methyl/N-ethyl adjacent to an activating group) is 1. The molecule has 6 rings (SSSR count). The van der Waals surface area contributed by atoms with Crippen LogP contribution in [0.25, 0.3) is 0 Å². The van der Waals surface area contributed by atoms with Crippen molar-refractivity contribution in [1.82, 2.24) is 4.90 Å². The Morgan fingerprint density at radius 2 is 1.63 bits per heavy atom. The van der Waals surface area contributed by atoms with Gasteiger partial charge in [0.2, 0.25) is 0 Å². The van der Waals surface area contributed by atoms with Gasteiger partial charge >= 0.3 is 5.97 Å². The number of ether oxygens (including phenoxy) is 7. The molecule has 3 aliphatic heterocycles. The van der Waals surface area contributed by atoms with Crippen LogP contribution in [0.3, 0.4) is 0 Å². The van der Waals surface area contributed by atoms with Crippen LogP contribution >= 0.6 is 0 Å². The quantitative estimate of drug-likeness (QED) is 0.203. The van der Waals surface area contributed by atoms with Crippen LogP contribution in [0.15, 0.2) is 23.3 Å². The first kappa shape index (κ1) is 40.0. The molecule has 6 aliphatic rings. The Morgan fingerprint density at radius 3 is 2.33 bits per heavy atom. The number of hydrogen-bond acceptors (Lipinski definition) is 10. The fraction of sp³-hybridized carbons (Fsp3) is 0.857. The molecule has 0 amide bonds. The summed E-state index contributed by atoms with van der Waals surface area (Å²) in [6.45, 7) is 15.2. The van der Waals surface area contributed by atoms with Crippen molar-refractivity contribution in [1.29, 1.82) is 0 Å². The highest BCUT2D eigenvalue weighted by Gasteiger charge is 2.53. The highest BCUT2D eigenvalue weighted by molar-refractivity contribution is 5.99. The molecule has 10 heteroatoms. The first-order chi connectivity index (χ1) is 24.8. The lowest BCUT2D eigenvalue weighted by Gasteiger charge is -2.44. The number of methoxy groups -OCH3 is 1. The fourth-order valence-corrected chi connectivity index (χ4v) is 10.6. The average molecular weight is 730 g/mol. The normalized spacial score (nSPS) is 45.9. The van der Waals surface area contributed by atoms with Gasteiger partial charge in [-0.2, -0.15) is 0 Å². The largest absolute Gasteiger partial charge is 0.463 e. The lowest BCUT2D eigenvalue weighted by atomic mass is 9.67. The zero-order valence-electron chi connectivity index (χ0n) is 33.5. The number of cyclic esters (lactones) is 1. The summed E-state index contributed by atoms with van der Waals surface area (Å²) in [6.07, 6.45) is 8.82. The van der Waals surface area contributed by atoms with E-state index >= 15 is 0 Å². The standard InChI is InChI=1S/C42H67NO9/c1-11-47-40-24(4)26(6)50-42(41(40)46-10)51-28-18-29-22(2)17-30-32(31(29)19-28)20-34-33(30)21-37(44)48-23(3)13-12-14-36(25(5)39(34)45)52-38-16-15-35(43(8)9)27(7)49-38/h17,20,23-33,35-36,38,40-42H,11-16,18-19,21H2,1-10H3/t23-,24?,25+,26?,27?,28+,29?,30+,31+,32+,33-,35?,36-,38?,40?,41?,42?/m0/s1. The van der Waals surface area contributed by atoms with Gasteiger partial charge in [-0.1, -0.05) is 31.6 Å². The smallest absolute Gasteiger partial charge is 0.306 e. The molecule has 17 atom stereocenters. The van der Waals surface area contributed by atoms with Crippen molar-refractivity contribution in [3.05, 3.63) is 23.3 Å². The van der Waals surface area contributed by atoms with Crippen molar-refractivity contribution < 1.29 is 42.7 Å². The maximum absolute atomic E-state index is 14.7. The lowest BCUT2D eigenvalue weighted by molar-refractivity contribution is -0.302. The maximum Gasteiger partial charge on any atom is 0.306 e. The molecule has 0 aromatic carbocycles. The molecule has 0 radical (unpaired) electrons. The third-order valence-corrected chi connectivity index (χ3v) is 13.6. The van der Waals surface area contributed by atoms with Crippen molar-refractivity contribution >= 4 is 11.8 Å². The maximum atomic E-state index is 14.7. The Morgan fingerprint density at radius 1 is 0.865 bits per heavy atom. The minimum Gasteiger partial charge on any atom is -0.463 e. The molecule has 0 spiro atoms. The van der Waals surface area contributed by atoms with E-state index in [1.807, 2.05) is 20.8 Å². The van der Waals surface area contributed by atoms with Crippen LogP contribution in [-0.2, 0) is 42.7 Å². The number of allylic oxidation sites excluding steroid dienone is 4. The van der Waals surface area contributed by atoms with E-state index in [0.717, 1.165) is 44.1 Å². The summed E-state index contributed by atoms with van der Waals surface area (Å²) in [6, 6.07) is 0.343. The number of carbonyl (C=O) groups excluding carboxylic acids is 2. The molecule has 9 unspecified atom stereocenters. The molecule has 10 nitrogen and oxygen atoms in total. The molecular weight excluding hydrogens is 662 g/mol. The van der Waals surface area contributed by atoms with Gasteiger partial charge in [-0.15, -0.1) is 0 Å². The van der Waals surface area contributed by atoms with Crippen LogP contribution in [0, 0.1) is 41.4 Å². The van der Waals surface area contributed by atoms with Crippen LogP contribution in [-0.4, -0.2) is 106 Å². The first-order valence-corrected chi connectivity index (χ1v) is 20.4. The SMILES string of the molecule is CCOC1C(C)C(C)OC(O[C@@H]2CC3C(C)=C[C@@H]4[C@@H](C=C5C(=O)[C@H](C)[C@@H](OC6CCC(N(C)C)C(C)O6)CCC[C@H](C)OC(=O)C[C@H]54)[C@@H]3C2)C1OC. The predicted molar refractivity (Wildman–Crippen MR) is 197 cm³/mol. The van der Waals surface area contributed by atoms with Crippen molar-refractivity contribution in [3.8, 4) is 0 Å². The van der Waals surface area contributed by atoms with Crippen LogP contribution < -0.4 is 0 Å². The summed E-state index contributed by atoms with van der Waals surface area (Å²) in [5, 5.41) is 0. The Balaban J connectivity index is 1.22. The molecule has 0 bridgehead atoms. The third-order valence-electron chi connectivity index (χ3n) is 13.6. The zero-order valence-corrected chi connectivity index (χ0v) is 33.5. The van der Waals surface area contributed by atoms with Crippen LogP contribution in [0.1, 0.15) is 99.8 Å². The summed E-state index contributed by atoms with van der Waals surface area (Å²) in [4.78, 5) is 30.3. The molecule has 294 valence electrons. The molecule has 4 fully saturated rings. The van der Waals surface area contributed by atoms with Crippen molar-refractivity contribution in [2.45, 2.75) is 161 Å². The number of ketones is 1. The van der Waals surface area contributed by atoms with Crippen molar-refractivity contribution in [2.75, 3.05) is 27.8 Å². The number of esters is 1. The molecule has 3 heterocycles. The van der Waals surface area contributed by atoms with E-state index in [9.17, 15) is 9.59 Å². The van der Waals surface area contributed by atoms with E-state index < -0.39 is 6.29 Å². The van der Waals surface area contributed by atoms with Gasteiger partial charge in [0, 0.05) is 37.5 Å². The van der Waals surface area contributed by atoms with E-state index in [-0.39, 0.29) is 96.8 Å². The molecule has 0 aromatic rings. The van der Waals surface area contributed by atoms with Gasteiger partial charge in [-0.25, -0.2) is 0 Å². The van der Waals surface area contributed by atoms with Gasteiger partial charge in [0.15, 0.2) is 18.4 Å². The summed E-state index contributed by atoms with van der Waals surface area (Å²) in [5.74, 6) is 0.301. The van der Waals surface area contributed by atoms with Gasteiger partial charge in [-0.05, 0) is 123 Å². The van der Waals surface area contributed by atoms with Gasteiger partial charge in [-0.3, -0.25) is 9.59 Å². The van der Waals surface area contributed by atoms with Gasteiger partial charge < -0.3 is 38.1 Å². The number of nitrogens with zero attached hydrogens (tertiary/aromatic N) is 1. The summed E-state index contributed by atoms with van der Waals surface area (Å²) >= 11 is 0. The second-order valence-corrected chi connectivity index (χ2v) is 17.1. The van der Waals surface area contributed by atoms with Crippen LogP contribution in [0.4, 0.5) is 0 Å². The van der Waals surface area contributed by atoms with Crippen LogP contribution in [0.5, 0.6) is 0 Å². The molecule has 0 N–H and O–H groups in total. The van der Waals surface area contributed by atoms with Crippen LogP contribution in [0.2, 0.25) is 0 Å². The second-order valence-electron chi connectivity index (χ2n) is 17.1. The highest BCUT2D eigenvalue weighted by Crippen LogP contribution is 2.56. The Hall–Kier alpha value is -1.66. The zero-order chi connectivity index (χ0) is 37.4. The molecule has 52 heavy (non-hydrogen) atoms. The number of hydrogen-bond donors (Lipinski definition) is 0. The Bertz CT molecular complexity index is 1320. The predicted octanol–water partition coefficient (Wildman–Crippen LogP) is 6.50. The molecule has 3 saturated heterocycles. The molecular formula is C42H67NO9. The lowest BCUT2D eigenvalue weighted by Crippen LogP contribution is -2.56. The van der Waals surface area contributed by atoms with Crippen molar-refractivity contribution in [2.24, 2.45) is 41.4 Å². The van der Waals surface area contributed by atoms with E-state index in [0.29, 0.717) is 30.9 Å². The second kappa shape index (κ2) is 17.0. The monoisotopic (exact) mass is 729 g/mol. The van der Waals surface area contributed by atoms with Crippen molar-refractivity contribution in [3.63, 3.8) is 0 Å². The number of Topliss-reactive ketones (excluding diaryl/α,β-unsaturated/α-hetero) is 1. The summed E-state index contributed by atoms with van der Waals surface area (Å²) in [5.41, 5.74) is 2.10. The number of rotatable bonds is 8. The minimum absolute atomic E-state index is 0.0177. The number of fused-ring (bicyclic) bond motifs is 5. The van der Waals surface area contributed by atoms with Gasteiger partial charge in [0.25, 0.3) is 0 Å². The number of carbonyl (C=O) groups is 2. The van der Waals surface area contributed by atoms with E-state index in [1.165, 1.54) is 5.57 Å². The highest BCUT2D eigenvalue weighted by atomic mass is 16.7. The van der Waals surface area contributed by atoms with E-state index in [1.54, 1.807) is 7.11 Å².